The third-order valence-corrected chi connectivity index (χ3v) is 7.12. The van der Waals surface area contributed by atoms with Gasteiger partial charge in [0.1, 0.15) is 23.0 Å². The number of rotatable bonds is 8. The molecule has 1 aliphatic heterocycles. The summed E-state index contributed by atoms with van der Waals surface area (Å²) in [5.74, 6) is 0.122. The summed E-state index contributed by atoms with van der Waals surface area (Å²) in [5, 5.41) is 0.135. The molecule has 0 aromatic heterocycles. The number of thioether (sulfide) groups is 1. The summed E-state index contributed by atoms with van der Waals surface area (Å²) in [6.45, 7) is 0.174. The van der Waals surface area contributed by atoms with Crippen molar-refractivity contribution in [1.29, 1.82) is 0 Å². The Kier molecular flexibility index (Phi) is 7.26. The molecule has 1 fully saturated rings. The summed E-state index contributed by atoms with van der Waals surface area (Å²) in [6, 6.07) is 20.9. The van der Waals surface area contributed by atoms with Crippen molar-refractivity contribution in [2.24, 2.45) is 0 Å². The topological polar surface area (TPSA) is 90.0 Å². The van der Waals surface area contributed by atoms with Crippen LogP contribution in [0.1, 0.15) is 5.56 Å². The molecule has 10 heteroatoms. The Balaban J connectivity index is 1.47. The Labute approximate surface area is 206 Å². The van der Waals surface area contributed by atoms with Gasteiger partial charge in [-0.05, 0) is 60.3 Å². The molecule has 0 N–H and O–H groups in total. The molecule has 0 saturated carbocycles. The number of imide groups is 1. The number of amides is 2. The second kappa shape index (κ2) is 10.3. The van der Waals surface area contributed by atoms with E-state index in [-0.39, 0.29) is 28.7 Å². The Morgan fingerprint density at radius 2 is 1.59 bits per heavy atom. The van der Waals surface area contributed by atoms with E-state index in [1.165, 1.54) is 24.3 Å². The standard InChI is InChI=1S/C24H18ClNO6S2/c25-18-10-12-19(13-11-18)31-15-14-26-23(27)22(33-24(26)28)16-17-6-4-5-9-21(17)32-34(29,30)20-7-2-1-3-8-20/h1-13,16H,14-15H2/b22-16-. The van der Waals surface area contributed by atoms with Crippen LogP contribution in [0.5, 0.6) is 11.5 Å². The molecule has 1 heterocycles. The number of hydrogen-bond acceptors (Lipinski definition) is 7. The van der Waals surface area contributed by atoms with Crippen molar-refractivity contribution in [1.82, 2.24) is 4.90 Å². The highest BCUT2D eigenvalue weighted by atomic mass is 35.5. The van der Waals surface area contributed by atoms with Crippen molar-refractivity contribution in [3.63, 3.8) is 0 Å². The number of nitrogens with zero attached hydrogens (tertiary/aromatic N) is 1. The van der Waals surface area contributed by atoms with Gasteiger partial charge in [0.15, 0.2) is 0 Å². The first-order valence-electron chi connectivity index (χ1n) is 10.1. The van der Waals surface area contributed by atoms with Crippen LogP contribution in [-0.4, -0.2) is 37.6 Å². The molecule has 0 atom stereocenters. The van der Waals surface area contributed by atoms with Gasteiger partial charge in [0, 0.05) is 10.6 Å². The van der Waals surface area contributed by atoms with Crippen LogP contribution in [0, 0.1) is 0 Å². The van der Waals surface area contributed by atoms with Gasteiger partial charge in [-0.15, -0.1) is 0 Å². The van der Waals surface area contributed by atoms with Gasteiger partial charge in [-0.3, -0.25) is 14.5 Å². The molecule has 1 saturated heterocycles. The van der Waals surface area contributed by atoms with Crippen LogP contribution >= 0.6 is 23.4 Å². The number of carbonyl (C=O) groups is 2. The Morgan fingerprint density at radius 3 is 2.32 bits per heavy atom. The normalized spacial score (nSPS) is 15.1. The molecule has 1 aliphatic rings. The van der Waals surface area contributed by atoms with Crippen molar-refractivity contribution >= 4 is 50.7 Å². The molecule has 0 aliphatic carbocycles. The molecule has 174 valence electrons. The lowest BCUT2D eigenvalue weighted by atomic mass is 10.2. The number of benzene rings is 3. The van der Waals surface area contributed by atoms with Crippen LogP contribution in [0.25, 0.3) is 6.08 Å². The highest BCUT2D eigenvalue weighted by molar-refractivity contribution is 8.18. The summed E-state index contributed by atoms with van der Waals surface area (Å²) in [4.78, 5) is 26.4. The van der Waals surface area contributed by atoms with E-state index in [2.05, 4.69) is 0 Å². The molecular weight excluding hydrogens is 498 g/mol. The number of carbonyl (C=O) groups excluding carboxylic acids is 2. The minimum absolute atomic E-state index is 0.00538. The van der Waals surface area contributed by atoms with Crippen LogP contribution < -0.4 is 8.92 Å². The SMILES string of the molecule is O=C1S/C(=C\c2ccccc2OS(=O)(=O)c2ccccc2)C(=O)N1CCOc1ccc(Cl)cc1. The number of hydrogen-bond donors (Lipinski definition) is 0. The fourth-order valence-corrected chi connectivity index (χ4v) is 5.01. The molecule has 0 unspecified atom stereocenters. The maximum Gasteiger partial charge on any atom is 0.339 e. The van der Waals surface area contributed by atoms with Crippen molar-refractivity contribution in [2.75, 3.05) is 13.2 Å². The van der Waals surface area contributed by atoms with Crippen molar-refractivity contribution < 1.29 is 26.9 Å². The van der Waals surface area contributed by atoms with E-state index in [0.717, 1.165) is 16.7 Å². The molecular formula is C24H18ClNO6S2. The van der Waals surface area contributed by atoms with Crippen LogP contribution in [-0.2, 0) is 14.9 Å². The highest BCUT2D eigenvalue weighted by Crippen LogP contribution is 2.34. The van der Waals surface area contributed by atoms with E-state index in [4.69, 9.17) is 20.5 Å². The molecule has 3 aromatic carbocycles. The molecule has 0 bridgehead atoms. The maximum atomic E-state index is 12.8. The third kappa shape index (κ3) is 5.61. The van der Waals surface area contributed by atoms with E-state index in [0.29, 0.717) is 16.3 Å². The summed E-state index contributed by atoms with van der Waals surface area (Å²) in [5.41, 5.74) is 0.352. The van der Waals surface area contributed by atoms with Gasteiger partial charge >= 0.3 is 10.1 Å². The molecule has 7 nitrogen and oxygen atoms in total. The fraction of sp³-hybridized carbons (Fsp3) is 0.0833. The predicted octanol–water partition coefficient (Wildman–Crippen LogP) is 5.22. The summed E-state index contributed by atoms with van der Waals surface area (Å²) >= 11 is 6.61. The zero-order valence-electron chi connectivity index (χ0n) is 17.6. The summed E-state index contributed by atoms with van der Waals surface area (Å²) in [7, 11) is -4.07. The lowest BCUT2D eigenvalue weighted by Crippen LogP contribution is -2.32. The fourth-order valence-electron chi connectivity index (χ4n) is 3.05. The van der Waals surface area contributed by atoms with Crippen LogP contribution in [0.15, 0.2) is 88.7 Å². The van der Waals surface area contributed by atoms with Gasteiger partial charge in [-0.2, -0.15) is 8.42 Å². The zero-order valence-corrected chi connectivity index (χ0v) is 20.0. The second-order valence-corrected chi connectivity index (χ2v) is 10.0. The van der Waals surface area contributed by atoms with Gasteiger partial charge in [0.2, 0.25) is 0 Å². The van der Waals surface area contributed by atoms with Gasteiger partial charge in [-0.1, -0.05) is 48.0 Å². The van der Waals surface area contributed by atoms with E-state index >= 15 is 0 Å². The van der Waals surface area contributed by atoms with Gasteiger partial charge in [-0.25, -0.2) is 0 Å². The van der Waals surface area contributed by atoms with E-state index < -0.39 is 21.3 Å². The average Bonchev–Trinajstić information content (AvgIpc) is 3.09. The monoisotopic (exact) mass is 515 g/mol. The minimum atomic E-state index is -4.07. The lowest BCUT2D eigenvalue weighted by molar-refractivity contribution is -0.123. The van der Waals surface area contributed by atoms with Crippen LogP contribution in [0.3, 0.4) is 0 Å². The van der Waals surface area contributed by atoms with E-state index in [1.54, 1.807) is 60.7 Å². The molecule has 34 heavy (non-hydrogen) atoms. The molecule has 0 radical (unpaired) electrons. The predicted molar refractivity (Wildman–Crippen MR) is 130 cm³/mol. The quantitative estimate of drug-likeness (QED) is 0.300. The van der Waals surface area contributed by atoms with Gasteiger partial charge in [0.25, 0.3) is 11.1 Å². The van der Waals surface area contributed by atoms with Crippen LogP contribution in [0.2, 0.25) is 5.02 Å². The van der Waals surface area contributed by atoms with E-state index in [9.17, 15) is 18.0 Å². The van der Waals surface area contributed by atoms with Gasteiger partial charge < -0.3 is 8.92 Å². The zero-order chi connectivity index (χ0) is 24.1. The first-order valence-corrected chi connectivity index (χ1v) is 12.7. The Hall–Kier alpha value is -3.27. The largest absolute Gasteiger partial charge is 0.492 e. The van der Waals surface area contributed by atoms with E-state index in [1.807, 2.05) is 0 Å². The molecule has 0 spiro atoms. The van der Waals surface area contributed by atoms with Crippen molar-refractivity contribution in [3.8, 4) is 11.5 Å². The minimum Gasteiger partial charge on any atom is -0.492 e. The lowest BCUT2D eigenvalue weighted by Gasteiger charge is -2.13. The maximum absolute atomic E-state index is 12.8. The van der Waals surface area contributed by atoms with Crippen molar-refractivity contribution in [3.05, 3.63) is 94.4 Å². The smallest absolute Gasteiger partial charge is 0.339 e. The summed E-state index contributed by atoms with van der Waals surface area (Å²) in [6.07, 6.45) is 1.45. The average molecular weight is 516 g/mol. The number of halogens is 1. The second-order valence-electron chi connectivity index (χ2n) is 7.02. The first kappa shape index (κ1) is 23.9. The molecule has 2 amide bonds. The Bertz CT molecular complexity index is 1340. The Morgan fingerprint density at radius 1 is 0.912 bits per heavy atom. The van der Waals surface area contributed by atoms with Gasteiger partial charge in [0.05, 0.1) is 11.4 Å². The highest BCUT2D eigenvalue weighted by Gasteiger charge is 2.35. The number of ether oxygens (including phenoxy) is 1. The van der Waals surface area contributed by atoms with Crippen LogP contribution in [0.4, 0.5) is 4.79 Å². The van der Waals surface area contributed by atoms with Crippen molar-refractivity contribution in [2.45, 2.75) is 4.90 Å². The summed E-state index contributed by atoms with van der Waals surface area (Å²) < 4.78 is 36.1. The molecule has 3 aromatic rings. The third-order valence-electron chi connectivity index (χ3n) is 4.71. The first-order chi connectivity index (χ1) is 16.3. The number of para-hydroxylation sites is 1. The molecule has 4 rings (SSSR count).